The molecule has 2 nitrogen and oxygen atoms in total. The van der Waals surface area contributed by atoms with Crippen molar-refractivity contribution in [3.05, 3.63) is 0 Å². The number of nitrogens with zero attached hydrogens (tertiary/aromatic N) is 2. The van der Waals surface area contributed by atoms with E-state index >= 15 is 0 Å². The molecule has 2 unspecified atom stereocenters. The van der Waals surface area contributed by atoms with Gasteiger partial charge in [0, 0.05) is 12.6 Å². The summed E-state index contributed by atoms with van der Waals surface area (Å²) in [6.07, 6.45) is 4.66. The zero-order valence-electron chi connectivity index (χ0n) is 8.79. The molecule has 0 aromatic carbocycles. The molecule has 1 rings (SSSR count). The molecule has 0 radical (unpaired) electrons. The molecule has 2 atom stereocenters. The van der Waals surface area contributed by atoms with Crippen LogP contribution in [-0.4, -0.2) is 24.0 Å². The molecule has 0 bridgehead atoms. The molecule has 1 aliphatic rings. The van der Waals surface area contributed by atoms with Gasteiger partial charge >= 0.3 is 0 Å². The lowest BCUT2D eigenvalue weighted by atomic mass is 9.94. The Labute approximate surface area is 81.5 Å². The highest BCUT2D eigenvalue weighted by molar-refractivity contribution is 4.83. The van der Waals surface area contributed by atoms with Crippen molar-refractivity contribution in [2.75, 3.05) is 13.1 Å². The van der Waals surface area contributed by atoms with Gasteiger partial charge in [-0.1, -0.05) is 13.3 Å². The highest BCUT2D eigenvalue weighted by Gasteiger charge is 2.21. The zero-order valence-corrected chi connectivity index (χ0v) is 8.79. The lowest BCUT2D eigenvalue weighted by Gasteiger charge is -2.35. The van der Waals surface area contributed by atoms with Crippen LogP contribution < -0.4 is 0 Å². The number of hydrogen-bond acceptors (Lipinski definition) is 2. The molecule has 1 heterocycles. The first-order valence-electron chi connectivity index (χ1n) is 5.39. The van der Waals surface area contributed by atoms with Crippen LogP contribution in [0.2, 0.25) is 0 Å². The molecule has 0 spiro atoms. The van der Waals surface area contributed by atoms with E-state index in [-0.39, 0.29) is 0 Å². The van der Waals surface area contributed by atoms with Crippen molar-refractivity contribution in [3.63, 3.8) is 0 Å². The number of hydrogen-bond donors (Lipinski definition) is 0. The molecule has 0 aromatic rings. The van der Waals surface area contributed by atoms with Gasteiger partial charge in [-0.15, -0.1) is 0 Å². The van der Waals surface area contributed by atoms with Crippen LogP contribution in [0, 0.1) is 17.2 Å². The van der Waals surface area contributed by atoms with Gasteiger partial charge in [-0.3, -0.25) is 4.90 Å². The summed E-state index contributed by atoms with van der Waals surface area (Å²) >= 11 is 0. The monoisotopic (exact) mass is 180 g/mol. The third-order valence-electron chi connectivity index (χ3n) is 3.14. The lowest BCUT2D eigenvalue weighted by Crippen LogP contribution is -2.41. The van der Waals surface area contributed by atoms with Crippen molar-refractivity contribution in [2.45, 2.75) is 45.6 Å². The molecule has 13 heavy (non-hydrogen) atoms. The first kappa shape index (κ1) is 10.5. The van der Waals surface area contributed by atoms with Gasteiger partial charge < -0.3 is 0 Å². The van der Waals surface area contributed by atoms with Crippen molar-refractivity contribution in [3.8, 4) is 6.07 Å². The SMILES string of the molecule is CCC1CCCN(C(C)CC#N)C1. The minimum atomic E-state index is 0.458. The lowest BCUT2D eigenvalue weighted by molar-refractivity contribution is 0.131. The van der Waals surface area contributed by atoms with Gasteiger partial charge in [0.2, 0.25) is 0 Å². The van der Waals surface area contributed by atoms with Crippen molar-refractivity contribution in [2.24, 2.45) is 5.92 Å². The molecule has 2 heteroatoms. The molecule has 1 fully saturated rings. The fraction of sp³-hybridized carbons (Fsp3) is 0.909. The minimum Gasteiger partial charge on any atom is -0.299 e. The average Bonchev–Trinajstić information content (AvgIpc) is 2.18. The number of rotatable bonds is 3. The molecular weight excluding hydrogens is 160 g/mol. The van der Waals surface area contributed by atoms with Crippen LogP contribution in [-0.2, 0) is 0 Å². The quantitative estimate of drug-likeness (QED) is 0.667. The van der Waals surface area contributed by atoms with E-state index in [2.05, 4.69) is 24.8 Å². The highest BCUT2D eigenvalue weighted by Crippen LogP contribution is 2.21. The van der Waals surface area contributed by atoms with Gasteiger partial charge in [0.15, 0.2) is 0 Å². The summed E-state index contributed by atoms with van der Waals surface area (Å²) in [5.74, 6) is 0.870. The largest absolute Gasteiger partial charge is 0.299 e. The van der Waals surface area contributed by atoms with Gasteiger partial charge in [0.25, 0.3) is 0 Å². The average molecular weight is 180 g/mol. The van der Waals surface area contributed by atoms with Crippen molar-refractivity contribution >= 4 is 0 Å². The Morgan fingerprint density at radius 1 is 1.62 bits per heavy atom. The number of likely N-dealkylation sites (tertiary alicyclic amines) is 1. The first-order chi connectivity index (χ1) is 6.27. The van der Waals surface area contributed by atoms with E-state index in [4.69, 9.17) is 5.26 Å². The first-order valence-corrected chi connectivity index (χ1v) is 5.39. The van der Waals surface area contributed by atoms with Crippen LogP contribution in [0.15, 0.2) is 0 Å². The third kappa shape index (κ3) is 3.00. The smallest absolute Gasteiger partial charge is 0.0638 e. The van der Waals surface area contributed by atoms with E-state index in [0.29, 0.717) is 12.5 Å². The topological polar surface area (TPSA) is 27.0 Å². The summed E-state index contributed by atoms with van der Waals surface area (Å²) in [7, 11) is 0. The second kappa shape index (κ2) is 5.24. The Balaban J connectivity index is 2.37. The van der Waals surface area contributed by atoms with E-state index in [9.17, 15) is 0 Å². The summed E-state index contributed by atoms with van der Waals surface area (Å²) in [6.45, 7) is 6.84. The van der Waals surface area contributed by atoms with Crippen molar-refractivity contribution < 1.29 is 0 Å². The Hall–Kier alpha value is -0.550. The van der Waals surface area contributed by atoms with Crippen LogP contribution >= 0.6 is 0 Å². The summed E-state index contributed by atoms with van der Waals surface area (Å²) in [6, 6.07) is 2.71. The number of piperidine rings is 1. The maximum atomic E-state index is 8.61. The zero-order chi connectivity index (χ0) is 9.68. The van der Waals surface area contributed by atoms with Gasteiger partial charge in [0.1, 0.15) is 0 Å². The van der Waals surface area contributed by atoms with Gasteiger partial charge in [-0.25, -0.2) is 0 Å². The van der Waals surface area contributed by atoms with E-state index in [1.165, 1.54) is 32.4 Å². The normalized spacial score (nSPS) is 26.7. The summed E-state index contributed by atoms with van der Waals surface area (Å²) in [5, 5.41) is 8.61. The maximum Gasteiger partial charge on any atom is 0.0638 e. The summed E-state index contributed by atoms with van der Waals surface area (Å²) < 4.78 is 0. The van der Waals surface area contributed by atoms with Crippen molar-refractivity contribution in [1.29, 1.82) is 5.26 Å². The van der Waals surface area contributed by atoms with Crippen LogP contribution in [0.5, 0.6) is 0 Å². The predicted molar refractivity (Wildman–Crippen MR) is 54.3 cm³/mol. The Morgan fingerprint density at radius 2 is 2.38 bits per heavy atom. The molecule has 0 saturated carbocycles. The summed E-state index contributed by atoms with van der Waals surface area (Å²) in [5.41, 5.74) is 0. The Bertz CT molecular complexity index is 183. The van der Waals surface area contributed by atoms with E-state index in [1.807, 2.05) is 0 Å². The van der Waals surface area contributed by atoms with Gasteiger partial charge in [0.05, 0.1) is 12.5 Å². The van der Waals surface area contributed by atoms with E-state index < -0.39 is 0 Å². The van der Waals surface area contributed by atoms with E-state index in [1.54, 1.807) is 0 Å². The molecule has 0 N–H and O–H groups in total. The molecular formula is C11H20N2. The third-order valence-corrected chi connectivity index (χ3v) is 3.14. The van der Waals surface area contributed by atoms with Crippen molar-refractivity contribution in [1.82, 2.24) is 4.90 Å². The Kier molecular flexibility index (Phi) is 4.24. The number of nitriles is 1. The van der Waals surface area contributed by atoms with Crippen LogP contribution in [0.1, 0.15) is 39.5 Å². The molecule has 0 aromatic heterocycles. The fourth-order valence-corrected chi connectivity index (χ4v) is 2.09. The molecule has 0 aliphatic carbocycles. The van der Waals surface area contributed by atoms with Gasteiger partial charge in [-0.05, 0) is 32.2 Å². The molecule has 1 aliphatic heterocycles. The van der Waals surface area contributed by atoms with Crippen LogP contribution in [0.3, 0.4) is 0 Å². The highest BCUT2D eigenvalue weighted by atomic mass is 15.2. The molecule has 0 amide bonds. The fourth-order valence-electron chi connectivity index (χ4n) is 2.09. The molecule has 1 saturated heterocycles. The predicted octanol–water partition coefficient (Wildman–Crippen LogP) is 2.41. The summed E-state index contributed by atoms with van der Waals surface area (Å²) in [4.78, 5) is 2.47. The van der Waals surface area contributed by atoms with Crippen LogP contribution in [0.4, 0.5) is 0 Å². The minimum absolute atomic E-state index is 0.458. The standard InChI is InChI=1S/C11H20N2/c1-3-11-5-4-8-13(9-11)10(2)6-7-12/h10-11H,3-6,8-9H2,1-2H3. The van der Waals surface area contributed by atoms with E-state index in [0.717, 1.165) is 5.92 Å². The second-order valence-electron chi connectivity index (χ2n) is 4.12. The maximum absolute atomic E-state index is 8.61. The van der Waals surface area contributed by atoms with Gasteiger partial charge in [-0.2, -0.15) is 5.26 Å². The van der Waals surface area contributed by atoms with Crippen LogP contribution in [0.25, 0.3) is 0 Å². The molecule has 74 valence electrons. The second-order valence-corrected chi connectivity index (χ2v) is 4.12. The Morgan fingerprint density at radius 3 is 3.00 bits per heavy atom.